The van der Waals surface area contributed by atoms with Crippen molar-refractivity contribution in [2.75, 3.05) is 35.6 Å². The van der Waals surface area contributed by atoms with Crippen molar-refractivity contribution >= 4 is 62.2 Å². The predicted octanol–water partition coefficient (Wildman–Crippen LogP) is 3.22. The van der Waals surface area contributed by atoms with Gasteiger partial charge in [-0.1, -0.05) is 48.0 Å². The van der Waals surface area contributed by atoms with E-state index in [1.165, 1.54) is 49.4 Å². The Hall–Kier alpha value is -4.26. The fraction of sp³-hybridized carbons (Fsp3) is 0.267. The molecule has 2 aliphatic rings. The summed E-state index contributed by atoms with van der Waals surface area (Å²) in [5.74, 6) is -6.47. The second-order valence-corrected chi connectivity index (χ2v) is 12.4. The first-order valence-electron chi connectivity index (χ1n) is 13.4. The molecule has 3 aromatic carbocycles. The first-order valence-corrected chi connectivity index (χ1v) is 15.2. The van der Waals surface area contributed by atoms with E-state index in [1.807, 2.05) is 12.1 Å². The number of aryl methyl sites for hydroxylation is 1. The molecule has 0 radical (unpaired) electrons. The number of likely N-dealkylation sites (tertiary alicyclic amines) is 1. The van der Waals surface area contributed by atoms with Gasteiger partial charge in [0, 0.05) is 32.1 Å². The number of carbonyl (C=O) groups is 4. The average molecular weight is 625 g/mol. The molecule has 2 heterocycles. The second kappa shape index (κ2) is 11.8. The summed E-state index contributed by atoms with van der Waals surface area (Å²) in [5.41, 5.74) is 2.22. The van der Waals surface area contributed by atoms with E-state index < -0.39 is 51.6 Å². The number of hydrogen-bond donors (Lipinski definition) is 2. The Morgan fingerprint density at radius 2 is 1.72 bits per heavy atom. The Labute approximate surface area is 253 Å². The highest BCUT2D eigenvalue weighted by Crippen LogP contribution is 2.35. The van der Waals surface area contributed by atoms with E-state index in [4.69, 9.17) is 16.3 Å². The second-order valence-electron chi connectivity index (χ2n) is 10.3. The largest absolute Gasteiger partial charge is 0.354 e. The third kappa shape index (κ3) is 5.61. The monoisotopic (exact) mass is 624 g/mol. The van der Waals surface area contributed by atoms with Crippen molar-refractivity contribution in [3.8, 4) is 0 Å². The van der Waals surface area contributed by atoms with Gasteiger partial charge in [0.05, 0.1) is 15.6 Å². The van der Waals surface area contributed by atoms with Crippen LogP contribution in [0.4, 0.5) is 17.1 Å². The Kier molecular flexibility index (Phi) is 8.28. The van der Waals surface area contributed by atoms with Crippen LogP contribution in [0.5, 0.6) is 0 Å². The lowest BCUT2D eigenvalue weighted by Gasteiger charge is -2.26. The zero-order valence-electron chi connectivity index (χ0n) is 23.5. The van der Waals surface area contributed by atoms with Gasteiger partial charge < -0.3 is 19.9 Å². The average Bonchev–Trinajstić information content (AvgIpc) is 3.50. The minimum Gasteiger partial charge on any atom is -0.354 e. The summed E-state index contributed by atoms with van der Waals surface area (Å²) < 4.78 is 34.0. The molecule has 11 nitrogen and oxygen atoms in total. The number of benzene rings is 3. The number of nitrogens with zero attached hydrogens (tertiary/aromatic N) is 2. The molecule has 3 aromatic rings. The van der Waals surface area contributed by atoms with Gasteiger partial charge in [0.1, 0.15) is 11.8 Å². The number of halogens is 1. The van der Waals surface area contributed by atoms with Gasteiger partial charge in [-0.15, -0.1) is 0 Å². The molecule has 0 bridgehead atoms. The zero-order valence-corrected chi connectivity index (χ0v) is 25.1. The maximum Gasteiger partial charge on any atom is 0.262 e. The van der Waals surface area contributed by atoms with Gasteiger partial charge >= 0.3 is 0 Å². The van der Waals surface area contributed by atoms with Crippen LogP contribution >= 0.6 is 11.6 Å². The number of anilines is 3. The molecule has 0 aliphatic carbocycles. The third-order valence-corrected chi connectivity index (χ3v) is 9.36. The molecule has 224 valence electrons. The highest BCUT2D eigenvalue weighted by molar-refractivity contribution is 7.92. The van der Waals surface area contributed by atoms with E-state index in [0.29, 0.717) is 17.7 Å². The maximum absolute atomic E-state index is 14.0. The molecule has 3 amide bonds. The Balaban J connectivity index is 1.49. The molecular formula is C30H29ClN4O7S. The number of para-hydroxylation sites is 2. The van der Waals surface area contributed by atoms with Gasteiger partial charge in [-0.05, 0) is 54.8 Å². The number of carbonyl (C=O) groups excluding carboxylic acids is 4. The zero-order chi connectivity index (χ0) is 31.1. The van der Waals surface area contributed by atoms with Crippen LogP contribution in [0, 0.1) is 18.8 Å². The molecule has 0 spiro atoms. The van der Waals surface area contributed by atoms with Crippen LogP contribution in [-0.2, 0) is 40.4 Å². The number of hydrogen-bond acceptors (Lipinski definition) is 7. The van der Waals surface area contributed by atoms with Crippen LogP contribution in [0.25, 0.3) is 0 Å². The van der Waals surface area contributed by atoms with Gasteiger partial charge in [0.15, 0.2) is 12.0 Å². The van der Waals surface area contributed by atoms with Crippen LogP contribution in [-0.4, -0.2) is 63.8 Å². The minimum absolute atomic E-state index is 0.0844. The summed E-state index contributed by atoms with van der Waals surface area (Å²) in [6.45, 7) is 1.91. The van der Waals surface area contributed by atoms with Crippen molar-refractivity contribution in [2.24, 2.45) is 11.8 Å². The molecule has 0 aromatic heterocycles. The minimum atomic E-state index is -4.14. The summed E-state index contributed by atoms with van der Waals surface area (Å²) in [7, 11) is -1.51. The molecule has 3 unspecified atom stereocenters. The molecule has 0 saturated carbocycles. The number of sulfonamides is 1. The van der Waals surface area contributed by atoms with Crippen molar-refractivity contribution in [3.63, 3.8) is 0 Å². The summed E-state index contributed by atoms with van der Waals surface area (Å²) in [5, 5.41) is 2.82. The Bertz CT molecular complexity index is 1750. The van der Waals surface area contributed by atoms with Gasteiger partial charge in [-0.3, -0.25) is 23.9 Å². The number of amides is 3. The Morgan fingerprint density at radius 3 is 2.42 bits per heavy atom. The smallest absolute Gasteiger partial charge is 0.262 e. The molecule has 1 fully saturated rings. The number of rotatable bonds is 8. The van der Waals surface area contributed by atoms with Gasteiger partial charge in [0.25, 0.3) is 10.0 Å². The first kappa shape index (κ1) is 30.2. The van der Waals surface area contributed by atoms with E-state index in [1.54, 1.807) is 31.2 Å². The SMILES string of the molecule is COC1C(=O)C(C(C(=O)Nc2cc(S(=O)(=O)Nc3ccccc3Cl)ccc2C)C(=O)N2CCc3ccccc32)C(=O)N1C. The fourth-order valence-corrected chi connectivity index (χ4v) is 6.73. The summed E-state index contributed by atoms with van der Waals surface area (Å²) in [6.07, 6.45) is -0.710. The van der Waals surface area contributed by atoms with Crippen molar-refractivity contribution in [3.05, 3.63) is 82.9 Å². The molecule has 5 rings (SSSR count). The van der Waals surface area contributed by atoms with Crippen molar-refractivity contribution in [2.45, 2.75) is 24.5 Å². The van der Waals surface area contributed by atoms with Crippen LogP contribution < -0.4 is 14.9 Å². The molecule has 43 heavy (non-hydrogen) atoms. The van der Waals surface area contributed by atoms with Crippen molar-refractivity contribution in [1.82, 2.24) is 4.90 Å². The topological polar surface area (TPSA) is 142 Å². The predicted molar refractivity (Wildman–Crippen MR) is 160 cm³/mol. The van der Waals surface area contributed by atoms with E-state index in [0.717, 1.165) is 10.5 Å². The summed E-state index contributed by atoms with van der Waals surface area (Å²) in [4.78, 5) is 56.9. The lowest BCUT2D eigenvalue weighted by Crippen LogP contribution is -2.48. The normalized spacial score (nSPS) is 18.9. The number of ketones is 1. The van der Waals surface area contributed by atoms with E-state index in [-0.39, 0.29) is 27.8 Å². The number of fused-ring (bicyclic) bond motifs is 1. The van der Waals surface area contributed by atoms with Gasteiger partial charge in [0.2, 0.25) is 17.7 Å². The number of likely N-dealkylation sites (N-methyl/N-ethyl adjacent to an activating group) is 1. The van der Waals surface area contributed by atoms with E-state index >= 15 is 0 Å². The number of nitrogens with one attached hydrogen (secondary N) is 2. The third-order valence-electron chi connectivity index (χ3n) is 7.67. The molecule has 13 heteroatoms. The number of Topliss-reactive ketones (excluding diaryl/α,β-unsaturated/α-hetero) is 1. The van der Waals surface area contributed by atoms with E-state index in [2.05, 4.69) is 10.0 Å². The molecule has 1 saturated heterocycles. The molecule has 3 atom stereocenters. The van der Waals surface area contributed by atoms with Crippen LogP contribution in [0.3, 0.4) is 0 Å². The summed E-state index contributed by atoms with van der Waals surface area (Å²) in [6, 6.07) is 17.6. The van der Waals surface area contributed by atoms with Crippen LogP contribution in [0.2, 0.25) is 5.02 Å². The molecule has 2 aliphatic heterocycles. The van der Waals surface area contributed by atoms with Crippen LogP contribution in [0.1, 0.15) is 11.1 Å². The molecule has 2 N–H and O–H groups in total. The van der Waals surface area contributed by atoms with Gasteiger partial charge in [-0.25, -0.2) is 8.42 Å². The highest BCUT2D eigenvalue weighted by Gasteiger charge is 2.55. The summed E-state index contributed by atoms with van der Waals surface area (Å²) >= 11 is 6.12. The van der Waals surface area contributed by atoms with E-state index in [9.17, 15) is 27.6 Å². The number of ether oxygens (including phenoxy) is 1. The standard InChI is InChI=1S/C30H29ClN4O7S/c1-17-12-13-19(43(40,41)33-21-10-6-5-9-20(21)31)16-22(17)32-27(37)25(24-26(36)30(42-3)34(2)28(24)38)29(39)35-15-14-18-8-4-7-11-23(18)35/h4-13,16,24-25,30,33H,14-15H2,1-3H3,(H,32,37). The van der Waals surface area contributed by atoms with Crippen molar-refractivity contribution in [1.29, 1.82) is 0 Å². The fourth-order valence-electron chi connectivity index (χ4n) is 5.38. The lowest BCUT2D eigenvalue weighted by atomic mass is 9.87. The highest BCUT2D eigenvalue weighted by atomic mass is 35.5. The molecular weight excluding hydrogens is 596 g/mol. The Morgan fingerprint density at radius 1 is 1.02 bits per heavy atom. The quantitative estimate of drug-likeness (QED) is 0.367. The number of methoxy groups -OCH3 is 1. The lowest BCUT2D eigenvalue weighted by molar-refractivity contribution is -0.143. The van der Waals surface area contributed by atoms with Crippen molar-refractivity contribution < 1.29 is 32.3 Å². The van der Waals surface area contributed by atoms with Gasteiger partial charge in [-0.2, -0.15) is 0 Å². The maximum atomic E-state index is 14.0. The first-order chi connectivity index (χ1) is 20.4. The van der Waals surface area contributed by atoms with Crippen LogP contribution in [0.15, 0.2) is 71.6 Å².